The van der Waals surface area contributed by atoms with E-state index in [4.69, 9.17) is 20.0 Å². The van der Waals surface area contributed by atoms with E-state index in [1.54, 1.807) is 31.2 Å². The molecule has 0 spiro atoms. The summed E-state index contributed by atoms with van der Waals surface area (Å²) in [6.45, 7) is 1.10. The molecular formula is C28H22F3N5O4S. The van der Waals surface area contributed by atoms with E-state index < -0.39 is 24.5 Å². The predicted octanol–water partition coefficient (Wildman–Crippen LogP) is 5.08. The second kappa shape index (κ2) is 12.3. The Morgan fingerprint density at radius 3 is 2.24 bits per heavy atom. The lowest BCUT2D eigenvalue weighted by molar-refractivity contribution is -0.137. The van der Waals surface area contributed by atoms with Crippen LogP contribution in [-0.2, 0) is 11.9 Å². The number of aliphatic hydroxyl groups is 2. The predicted molar refractivity (Wildman–Crippen MR) is 143 cm³/mol. The van der Waals surface area contributed by atoms with Gasteiger partial charge in [0.05, 0.1) is 23.4 Å². The molecule has 0 radical (unpaired) electrons. The van der Waals surface area contributed by atoms with Crippen molar-refractivity contribution in [2.75, 3.05) is 18.9 Å². The van der Waals surface area contributed by atoms with Crippen LogP contribution in [0.1, 0.15) is 28.1 Å². The lowest BCUT2D eigenvalue weighted by atomic mass is 9.97. The minimum atomic E-state index is -4.46. The molecule has 2 aromatic heterocycles. The second-order valence-electron chi connectivity index (χ2n) is 8.71. The average Bonchev–Trinajstić information content (AvgIpc) is 3.34. The standard InChI is InChI=1S/C28H22F3N5O4S/c1-15-23(35-26(40-15)17-2-6-18(7-3-17)28(29,30)31)14-41-27-22(11-33)24(21(10-32)25(34)36-27)16-4-8-20(9-5-16)39-13-19(38)12-37/h2-9,19,37-38H,12-14H2,1H3,(H2,34,36)/t19-/m1/s1. The number of hydrogen-bond donors (Lipinski definition) is 3. The van der Waals surface area contributed by atoms with Gasteiger partial charge in [-0.1, -0.05) is 23.9 Å². The number of benzene rings is 2. The second-order valence-corrected chi connectivity index (χ2v) is 9.67. The fourth-order valence-corrected chi connectivity index (χ4v) is 4.77. The first-order valence-electron chi connectivity index (χ1n) is 12.0. The quantitative estimate of drug-likeness (QED) is 0.227. The van der Waals surface area contributed by atoms with Gasteiger partial charge < -0.3 is 25.1 Å². The summed E-state index contributed by atoms with van der Waals surface area (Å²) >= 11 is 1.14. The van der Waals surface area contributed by atoms with Gasteiger partial charge in [-0.25, -0.2) is 9.97 Å². The van der Waals surface area contributed by atoms with Crippen LogP contribution in [0.15, 0.2) is 58.0 Å². The fourth-order valence-electron chi connectivity index (χ4n) is 3.78. The monoisotopic (exact) mass is 581 g/mol. The summed E-state index contributed by atoms with van der Waals surface area (Å²) < 4.78 is 49.8. The smallest absolute Gasteiger partial charge is 0.416 e. The SMILES string of the molecule is Cc1oc(-c2ccc(C(F)(F)F)cc2)nc1CSc1nc(N)c(C#N)c(-c2ccc(OC[C@H](O)CO)cc2)c1C#N. The summed E-state index contributed by atoms with van der Waals surface area (Å²) in [5.74, 6) is 1.12. The summed E-state index contributed by atoms with van der Waals surface area (Å²) in [4.78, 5) is 8.69. The number of nitrogen functional groups attached to an aromatic ring is 1. The van der Waals surface area contributed by atoms with Gasteiger partial charge in [0.1, 0.15) is 52.8 Å². The third-order valence-electron chi connectivity index (χ3n) is 5.91. The molecule has 0 aliphatic carbocycles. The first kappa shape index (κ1) is 29.4. The molecule has 0 aliphatic rings. The third-order valence-corrected chi connectivity index (χ3v) is 6.90. The molecular weight excluding hydrogens is 559 g/mol. The van der Waals surface area contributed by atoms with Gasteiger partial charge >= 0.3 is 6.18 Å². The Bertz CT molecular complexity index is 1630. The molecule has 4 N–H and O–H groups in total. The van der Waals surface area contributed by atoms with Crippen molar-refractivity contribution in [3.8, 4) is 40.5 Å². The third kappa shape index (κ3) is 6.61. The number of rotatable bonds is 9. The molecule has 4 aromatic rings. The van der Waals surface area contributed by atoms with Gasteiger partial charge in [0.15, 0.2) is 0 Å². The number of nitrogens with two attached hydrogens (primary N) is 1. The lowest BCUT2D eigenvalue weighted by Gasteiger charge is -2.14. The molecule has 0 amide bonds. The van der Waals surface area contributed by atoms with E-state index in [1.165, 1.54) is 12.1 Å². The molecule has 0 saturated heterocycles. The van der Waals surface area contributed by atoms with Crippen LogP contribution in [-0.4, -0.2) is 39.5 Å². The van der Waals surface area contributed by atoms with Crippen LogP contribution in [0.2, 0.25) is 0 Å². The lowest BCUT2D eigenvalue weighted by Crippen LogP contribution is -2.21. The number of ether oxygens (including phenoxy) is 1. The number of nitrogens with zero attached hydrogens (tertiary/aromatic N) is 4. The van der Waals surface area contributed by atoms with Crippen molar-refractivity contribution >= 4 is 17.6 Å². The van der Waals surface area contributed by atoms with Crippen LogP contribution >= 0.6 is 11.8 Å². The van der Waals surface area contributed by atoms with Crippen molar-refractivity contribution in [3.05, 3.63) is 76.7 Å². The van der Waals surface area contributed by atoms with Gasteiger partial charge in [0.2, 0.25) is 5.89 Å². The first-order chi connectivity index (χ1) is 19.5. The Balaban J connectivity index is 1.60. The van der Waals surface area contributed by atoms with Gasteiger partial charge in [-0.3, -0.25) is 0 Å². The number of aromatic nitrogens is 2. The highest BCUT2D eigenvalue weighted by atomic mass is 32.2. The van der Waals surface area contributed by atoms with Crippen molar-refractivity contribution in [2.45, 2.75) is 30.0 Å². The molecule has 1 atom stereocenters. The van der Waals surface area contributed by atoms with Crippen molar-refractivity contribution < 1.29 is 32.5 Å². The molecule has 13 heteroatoms. The van der Waals surface area contributed by atoms with Gasteiger partial charge in [-0.2, -0.15) is 23.7 Å². The van der Waals surface area contributed by atoms with Crippen LogP contribution in [0.25, 0.3) is 22.6 Å². The number of hydrogen-bond acceptors (Lipinski definition) is 10. The summed E-state index contributed by atoms with van der Waals surface area (Å²) in [7, 11) is 0. The zero-order valence-corrected chi connectivity index (χ0v) is 22.3. The van der Waals surface area contributed by atoms with Crippen molar-refractivity contribution in [1.29, 1.82) is 10.5 Å². The molecule has 0 unspecified atom stereocenters. The van der Waals surface area contributed by atoms with E-state index in [0.717, 1.165) is 23.9 Å². The molecule has 41 heavy (non-hydrogen) atoms. The molecule has 4 rings (SSSR count). The number of alkyl halides is 3. The Labute approximate surface area is 236 Å². The molecule has 210 valence electrons. The number of aliphatic hydroxyl groups excluding tert-OH is 2. The van der Waals surface area contributed by atoms with Gasteiger partial charge in [-0.15, -0.1) is 0 Å². The van der Waals surface area contributed by atoms with Gasteiger partial charge in [0.25, 0.3) is 0 Å². The number of pyridine rings is 1. The Morgan fingerprint density at radius 1 is 1.02 bits per heavy atom. The maximum absolute atomic E-state index is 12.9. The number of aryl methyl sites for hydroxylation is 1. The van der Waals surface area contributed by atoms with Crippen LogP contribution in [0.3, 0.4) is 0 Å². The fraction of sp³-hybridized carbons (Fsp3) is 0.214. The normalized spacial score (nSPS) is 12.0. The zero-order valence-electron chi connectivity index (χ0n) is 21.4. The summed E-state index contributed by atoms with van der Waals surface area (Å²) in [6, 6.07) is 15.0. The Kier molecular flexibility index (Phi) is 8.83. The Morgan fingerprint density at radius 2 is 1.66 bits per heavy atom. The summed E-state index contributed by atoms with van der Waals surface area (Å²) in [5, 5.41) is 38.5. The number of nitriles is 2. The number of thioether (sulfide) groups is 1. The summed E-state index contributed by atoms with van der Waals surface area (Å²) in [5.41, 5.74) is 7.11. The Hall–Kier alpha value is -4.56. The van der Waals surface area contributed by atoms with Crippen LogP contribution in [0, 0.1) is 29.6 Å². The van der Waals surface area contributed by atoms with Crippen molar-refractivity contribution in [2.24, 2.45) is 0 Å². The largest absolute Gasteiger partial charge is 0.491 e. The van der Waals surface area contributed by atoms with E-state index in [9.17, 15) is 28.8 Å². The highest BCUT2D eigenvalue weighted by Crippen LogP contribution is 2.38. The van der Waals surface area contributed by atoms with Crippen LogP contribution < -0.4 is 10.5 Å². The van der Waals surface area contributed by atoms with E-state index in [-0.39, 0.29) is 45.8 Å². The van der Waals surface area contributed by atoms with Gasteiger partial charge in [0, 0.05) is 16.9 Å². The van der Waals surface area contributed by atoms with E-state index in [1.807, 2.05) is 6.07 Å². The van der Waals surface area contributed by atoms with E-state index >= 15 is 0 Å². The number of oxazole rings is 1. The first-order valence-corrected chi connectivity index (χ1v) is 13.0. The van der Waals surface area contributed by atoms with Crippen LogP contribution in [0.4, 0.5) is 19.0 Å². The molecule has 2 heterocycles. The van der Waals surface area contributed by atoms with Crippen LogP contribution in [0.5, 0.6) is 5.75 Å². The highest BCUT2D eigenvalue weighted by Gasteiger charge is 2.30. The van der Waals surface area contributed by atoms with E-state index in [2.05, 4.69) is 16.0 Å². The molecule has 0 aliphatic heterocycles. The number of halogens is 3. The molecule has 0 saturated carbocycles. The minimum Gasteiger partial charge on any atom is -0.491 e. The molecule has 0 bridgehead atoms. The number of anilines is 1. The zero-order chi connectivity index (χ0) is 29.7. The average molecular weight is 582 g/mol. The topological polar surface area (TPSA) is 162 Å². The summed E-state index contributed by atoms with van der Waals surface area (Å²) in [6.07, 6.45) is -5.50. The molecule has 2 aromatic carbocycles. The molecule has 9 nitrogen and oxygen atoms in total. The highest BCUT2D eigenvalue weighted by molar-refractivity contribution is 7.98. The van der Waals surface area contributed by atoms with Crippen molar-refractivity contribution in [1.82, 2.24) is 9.97 Å². The molecule has 0 fully saturated rings. The van der Waals surface area contributed by atoms with Crippen molar-refractivity contribution in [3.63, 3.8) is 0 Å². The maximum atomic E-state index is 12.9. The maximum Gasteiger partial charge on any atom is 0.416 e. The van der Waals surface area contributed by atoms with Gasteiger partial charge in [-0.05, 0) is 48.9 Å². The minimum absolute atomic E-state index is 0.0254. The van der Waals surface area contributed by atoms with E-state index in [0.29, 0.717) is 28.3 Å².